The molecule has 2 aliphatic heterocycles. The molecule has 0 saturated carbocycles. The monoisotopic (exact) mass is 362 g/mol. The highest BCUT2D eigenvalue weighted by molar-refractivity contribution is 7.80. The van der Waals surface area contributed by atoms with Crippen molar-refractivity contribution in [3.05, 3.63) is 24.3 Å². The second kappa shape index (κ2) is 7.69. The number of carbonyl (C=O) groups is 1. The number of thiocarbonyl (C=S) groups is 1. The van der Waals surface area contributed by atoms with Gasteiger partial charge >= 0.3 is 6.09 Å². The normalized spacial score (nSPS) is 20.0. The minimum atomic E-state index is -0.317. The lowest BCUT2D eigenvalue weighted by Gasteiger charge is -2.27. The Morgan fingerprint density at radius 3 is 2.68 bits per heavy atom. The molecule has 0 N–H and O–H groups in total. The molecule has 0 unspecified atom stereocenters. The van der Waals surface area contributed by atoms with Crippen LogP contribution in [-0.4, -0.2) is 62.4 Å². The third kappa shape index (κ3) is 4.19. The number of anilines is 2. The van der Waals surface area contributed by atoms with Crippen molar-refractivity contribution in [2.24, 2.45) is 5.10 Å². The Morgan fingerprint density at radius 2 is 2.04 bits per heavy atom. The van der Waals surface area contributed by atoms with Crippen LogP contribution < -0.4 is 9.80 Å². The maximum absolute atomic E-state index is 12.1. The Balaban J connectivity index is 1.61. The summed E-state index contributed by atoms with van der Waals surface area (Å²) in [5, 5.41) is 6.72. The van der Waals surface area contributed by atoms with Crippen LogP contribution in [-0.2, 0) is 9.47 Å². The molecule has 1 aromatic carbocycles. The Kier molecular flexibility index (Phi) is 5.37. The summed E-state index contributed by atoms with van der Waals surface area (Å²) in [6.07, 6.45) is 2.62. The second-order valence-electron chi connectivity index (χ2n) is 6.05. The first-order valence-electron chi connectivity index (χ1n) is 8.23. The van der Waals surface area contributed by atoms with Crippen LogP contribution in [0.5, 0.6) is 0 Å². The van der Waals surface area contributed by atoms with E-state index in [1.165, 1.54) is 0 Å². The number of nitrogens with zero attached hydrogens (tertiary/aromatic N) is 4. The zero-order valence-electron chi connectivity index (χ0n) is 14.4. The highest BCUT2D eigenvalue weighted by Crippen LogP contribution is 2.26. The van der Waals surface area contributed by atoms with Crippen LogP contribution in [0.15, 0.2) is 29.4 Å². The predicted molar refractivity (Wildman–Crippen MR) is 101 cm³/mol. The number of rotatable bonds is 5. The average Bonchev–Trinajstić information content (AvgIpc) is 3.01. The lowest BCUT2D eigenvalue weighted by atomic mass is 10.2. The summed E-state index contributed by atoms with van der Waals surface area (Å²) in [7, 11) is 3.51. The van der Waals surface area contributed by atoms with Crippen molar-refractivity contribution in [2.75, 3.05) is 43.6 Å². The zero-order chi connectivity index (χ0) is 17.8. The lowest BCUT2D eigenvalue weighted by molar-refractivity contribution is 0.137. The van der Waals surface area contributed by atoms with Gasteiger partial charge in [-0.15, -0.1) is 0 Å². The Bertz CT molecular complexity index is 664. The summed E-state index contributed by atoms with van der Waals surface area (Å²) >= 11 is 5.03. The van der Waals surface area contributed by atoms with Crippen LogP contribution >= 0.6 is 12.2 Å². The third-order valence-corrected chi connectivity index (χ3v) is 4.69. The molecule has 134 valence electrons. The fourth-order valence-corrected chi connectivity index (χ4v) is 2.92. The van der Waals surface area contributed by atoms with E-state index in [2.05, 4.69) is 10.0 Å². The summed E-state index contributed by atoms with van der Waals surface area (Å²) in [6.45, 7) is 2.29. The first-order chi connectivity index (χ1) is 12.1. The molecular formula is C17H22N4O3S. The number of hydrogen-bond donors (Lipinski definition) is 0. The van der Waals surface area contributed by atoms with E-state index in [4.69, 9.17) is 21.7 Å². The number of hydrogen-bond acceptors (Lipinski definition) is 7. The van der Waals surface area contributed by atoms with Crippen molar-refractivity contribution in [3.8, 4) is 0 Å². The van der Waals surface area contributed by atoms with Gasteiger partial charge in [0.2, 0.25) is 0 Å². The first kappa shape index (κ1) is 17.5. The largest absolute Gasteiger partial charge is 0.490 e. The molecule has 1 fully saturated rings. The van der Waals surface area contributed by atoms with Crippen molar-refractivity contribution in [3.63, 3.8) is 0 Å². The van der Waals surface area contributed by atoms with Gasteiger partial charge < -0.3 is 14.4 Å². The van der Waals surface area contributed by atoms with Gasteiger partial charge in [0.05, 0.1) is 20.2 Å². The van der Waals surface area contributed by atoms with Gasteiger partial charge in [0.1, 0.15) is 12.4 Å². The summed E-state index contributed by atoms with van der Waals surface area (Å²) in [5.41, 5.74) is 1.88. The van der Waals surface area contributed by atoms with Crippen molar-refractivity contribution in [2.45, 2.75) is 18.9 Å². The maximum atomic E-state index is 12.1. The van der Waals surface area contributed by atoms with E-state index in [1.807, 2.05) is 42.7 Å². The van der Waals surface area contributed by atoms with E-state index in [0.29, 0.717) is 24.4 Å². The summed E-state index contributed by atoms with van der Waals surface area (Å²) in [4.78, 5) is 15.9. The smallest absolute Gasteiger partial charge is 0.414 e. The van der Waals surface area contributed by atoms with E-state index >= 15 is 0 Å². The first-order valence-corrected chi connectivity index (χ1v) is 8.64. The van der Waals surface area contributed by atoms with Gasteiger partial charge in [-0.1, -0.05) is 0 Å². The Hall–Kier alpha value is -2.35. The number of cyclic esters (lactones) is 1. The molecule has 1 saturated heterocycles. The molecule has 1 amide bonds. The Labute approximate surface area is 152 Å². The minimum Gasteiger partial charge on any atom is -0.490 e. The van der Waals surface area contributed by atoms with Crippen molar-refractivity contribution in [1.82, 2.24) is 5.01 Å². The van der Waals surface area contributed by atoms with E-state index < -0.39 is 0 Å². The number of likely N-dealkylation sites (N-methyl/N-ethyl adjacent to an activating group) is 1. The third-order valence-electron chi connectivity index (χ3n) is 4.32. The molecule has 7 nitrogen and oxygen atoms in total. The van der Waals surface area contributed by atoms with Crippen LogP contribution in [0.2, 0.25) is 0 Å². The van der Waals surface area contributed by atoms with Gasteiger partial charge in [0.25, 0.3) is 0 Å². The summed E-state index contributed by atoms with van der Waals surface area (Å²) in [6, 6.07) is 7.86. The van der Waals surface area contributed by atoms with Gasteiger partial charge in [0.15, 0.2) is 5.05 Å². The Morgan fingerprint density at radius 1 is 1.32 bits per heavy atom. The van der Waals surface area contributed by atoms with Gasteiger partial charge in [0, 0.05) is 31.4 Å². The van der Waals surface area contributed by atoms with Crippen molar-refractivity contribution >= 4 is 41.1 Å². The zero-order valence-corrected chi connectivity index (χ0v) is 15.2. The topological polar surface area (TPSA) is 57.6 Å². The summed E-state index contributed by atoms with van der Waals surface area (Å²) in [5.74, 6) is 0. The molecule has 0 spiro atoms. The standard InChI is InChI=1S/C17H22N4O3S/c1-19-9-10-20(12-18-19)13-3-5-14(6-4-13)21-11-15(24-17(21)22)7-8-16(25)23-2/h3-6,12,15H,7-11H2,1-2H3/t15-/m0/s1. The number of carbonyl (C=O) groups excluding carboxylic acids is 1. The molecule has 0 radical (unpaired) electrons. The van der Waals surface area contributed by atoms with Gasteiger partial charge in [-0.05, 0) is 42.9 Å². The molecular weight excluding hydrogens is 340 g/mol. The molecule has 2 heterocycles. The second-order valence-corrected chi connectivity index (χ2v) is 6.51. The predicted octanol–water partition coefficient (Wildman–Crippen LogP) is 2.46. The quantitative estimate of drug-likeness (QED) is 0.750. The molecule has 8 heteroatoms. The molecule has 25 heavy (non-hydrogen) atoms. The van der Waals surface area contributed by atoms with Crippen LogP contribution in [0.4, 0.5) is 16.2 Å². The fraction of sp³-hybridized carbons (Fsp3) is 0.471. The van der Waals surface area contributed by atoms with E-state index in [1.54, 1.807) is 12.0 Å². The van der Waals surface area contributed by atoms with Crippen LogP contribution in [0.1, 0.15) is 12.8 Å². The highest BCUT2D eigenvalue weighted by Gasteiger charge is 2.32. The highest BCUT2D eigenvalue weighted by atomic mass is 32.1. The number of methoxy groups -OCH3 is 1. The van der Waals surface area contributed by atoms with Gasteiger partial charge in [-0.2, -0.15) is 5.10 Å². The van der Waals surface area contributed by atoms with E-state index in [0.717, 1.165) is 24.5 Å². The van der Waals surface area contributed by atoms with Crippen molar-refractivity contribution < 1.29 is 14.3 Å². The fourth-order valence-electron chi connectivity index (χ4n) is 2.80. The molecule has 1 atom stereocenters. The SMILES string of the molecule is COC(=S)CC[C@H]1CN(c2ccc(N3C=NN(C)CC3)cc2)C(=O)O1. The van der Waals surface area contributed by atoms with Crippen LogP contribution in [0, 0.1) is 0 Å². The lowest BCUT2D eigenvalue weighted by Crippen LogP contribution is -2.36. The molecule has 0 bridgehead atoms. The maximum Gasteiger partial charge on any atom is 0.414 e. The van der Waals surface area contributed by atoms with Gasteiger partial charge in [-0.25, -0.2) is 4.79 Å². The molecule has 1 aromatic rings. The molecule has 0 aromatic heterocycles. The number of amides is 1. The average molecular weight is 362 g/mol. The number of benzene rings is 1. The van der Waals surface area contributed by atoms with Crippen molar-refractivity contribution in [1.29, 1.82) is 0 Å². The molecule has 0 aliphatic carbocycles. The van der Waals surface area contributed by atoms with E-state index in [9.17, 15) is 4.79 Å². The van der Waals surface area contributed by atoms with E-state index in [-0.39, 0.29) is 12.2 Å². The summed E-state index contributed by atoms with van der Waals surface area (Å²) < 4.78 is 10.4. The number of hydrazone groups is 1. The molecule has 2 aliphatic rings. The van der Waals surface area contributed by atoms with Crippen LogP contribution in [0.25, 0.3) is 0 Å². The van der Waals surface area contributed by atoms with Gasteiger partial charge in [-0.3, -0.25) is 9.91 Å². The van der Waals surface area contributed by atoms with Crippen LogP contribution in [0.3, 0.4) is 0 Å². The minimum absolute atomic E-state index is 0.162. The molecule has 3 rings (SSSR count). The number of ether oxygens (including phenoxy) is 2.